The summed E-state index contributed by atoms with van der Waals surface area (Å²) in [4.78, 5) is 26.4. The van der Waals surface area contributed by atoms with E-state index in [-0.39, 0.29) is 18.7 Å². The fraction of sp³-hybridized carbons (Fsp3) is 0.143. The maximum atomic E-state index is 12.7. The van der Waals surface area contributed by atoms with E-state index in [1.165, 1.54) is 11.0 Å². The van der Waals surface area contributed by atoms with Crippen molar-refractivity contribution >= 4 is 23.5 Å². The highest BCUT2D eigenvalue weighted by molar-refractivity contribution is 6.10. The molecule has 2 aromatic carbocycles. The number of carbonyl (C=O) groups is 2. The zero-order valence-corrected chi connectivity index (χ0v) is 13.6. The summed E-state index contributed by atoms with van der Waals surface area (Å²) in [7, 11) is 0. The Hall–Kier alpha value is -3.16. The second-order valence-corrected chi connectivity index (χ2v) is 5.86. The molecule has 0 fully saturated rings. The number of rotatable bonds is 5. The molecule has 0 spiro atoms. The lowest BCUT2D eigenvalue weighted by Crippen LogP contribution is -2.41. The number of ketones is 1. The first-order valence-corrected chi connectivity index (χ1v) is 7.89. The van der Waals surface area contributed by atoms with Gasteiger partial charge in [-0.1, -0.05) is 60.5 Å². The molecule has 0 unspecified atom stereocenters. The molecule has 1 heterocycles. The van der Waals surface area contributed by atoms with Gasteiger partial charge in [0.15, 0.2) is 11.4 Å². The van der Waals surface area contributed by atoms with Crippen LogP contribution in [0.2, 0.25) is 0 Å². The van der Waals surface area contributed by atoms with Crippen LogP contribution >= 0.6 is 0 Å². The van der Waals surface area contributed by atoms with Crippen molar-refractivity contribution in [2.24, 2.45) is 0 Å². The fourth-order valence-electron chi connectivity index (χ4n) is 2.99. The van der Waals surface area contributed by atoms with E-state index in [2.05, 4.69) is 5.92 Å². The second-order valence-electron chi connectivity index (χ2n) is 5.86. The molecule has 124 valence electrons. The number of anilines is 1. The van der Waals surface area contributed by atoms with Gasteiger partial charge in [-0.15, -0.1) is 6.42 Å². The van der Waals surface area contributed by atoms with Crippen LogP contribution in [-0.2, 0) is 15.2 Å². The van der Waals surface area contributed by atoms with Crippen LogP contribution in [0.1, 0.15) is 17.5 Å². The van der Waals surface area contributed by atoms with Gasteiger partial charge in [0, 0.05) is 5.56 Å². The molecule has 1 atom stereocenters. The number of hydrogen-bond donors (Lipinski definition) is 1. The lowest BCUT2D eigenvalue weighted by atomic mass is 9.90. The minimum atomic E-state index is -1.88. The summed E-state index contributed by atoms with van der Waals surface area (Å²) < 4.78 is 0. The minimum Gasteiger partial charge on any atom is -0.375 e. The Morgan fingerprint density at radius 2 is 1.84 bits per heavy atom. The van der Waals surface area contributed by atoms with E-state index >= 15 is 0 Å². The van der Waals surface area contributed by atoms with Gasteiger partial charge in [-0.25, -0.2) is 0 Å². The molecule has 1 aliphatic rings. The third-order valence-corrected chi connectivity index (χ3v) is 4.18. The van der Waals surface area contributed by atoms with Crippen molar-refractivity contribution in [1.82, 2.24) is 0 Å². The molecular formula is C21H17NO3. The molecule has 1 N–H and O–H groups in total. The SMILES string of the molecule is C#CCN1C(=O)[C@](O)(CC(=O)/C=C\c2ccccc2)c2ccccc21. The molecule has 0 saturated carbocycles. The molecule has 4 heteroatoms. The Balaban J connectivity index is 1.86. The average molecular weight is 331 g/mol. The van der Waals surface area contributed by atoms with E-state index in [1.807, 2.05) is 30.3 Å². The highest BCUT2D eigenvalue weighted by Gasteiger charge is 2.50. The number of carbonyl (C=O) groups excluding carboxylic acids is 2. The highest BCUT2D eigenvalue weighted by atomic mass is 16.3. The number of amides is 1. The van der Waals surface area contributed by atoms with Gasteiger partial charge in [0.05, 0.1) is 18.7 Å². The van der Waals surface area contributed by atoms with Crippen LogP contribution in [0.3, 0.4) is 0 Å². The van der Waals surface area contributed by atoms with E-state index in [0.717, 1.165) is 5.56 Å². The first-order valence-electron chi connectivity index (χ1n) is 7.89. The highest BCUT2D eigenvalue weighted by Crippen LogP contribution is 2.42. The zero-order valence-electron chi connectivity index (χ0n) is 13.6. The maximum Gasteiger partial charge on any atom is 0.265 e. The number of terminal acetylenes is 1. The van der Waals surface area contributed by atoms with E-state index in [0.29, 0.717) is 11.3 Å². The lowest BCUT2D eigenvalue weighted by molar-refractivity contribution is -0.140. The predicted octanol–water partition coefficient (Wildman–Crippen LogP) is 2.53. The van der Waals surface area contributed by atoms with Crippen molar-refractivity contribution in [2.45, 2.75) is 12.0 Å². The third-order valence-electron chi connectivity index (χ3n) is 4.18. The van der Waals surface area contributed by atoms with Gasteiger partial charge in [-0.3, -0.25) is 14.5 Å². The largest absolute Gasteiger partial charge is 0.375 e. The maximum absolute atomic E-state index is 12.7. The van der Waals surface area contributed by atoms with Gasteiger partial charge >= 0.3 is 0 Å². The summed E-state index contributed by atoms with van der Waals surface area (Å²) in [5, 5.41) is 11.0. The first kappa shape index (κ1) is 16.7. The number of para-hydroxylation sites is 1. The van der Waals surface area contributed by atoms with Gasteiger partial charge < -0.3 is 5.11 Å². The van der Waals surface area contributed by atoms with E-state index in [9.17, 15) is 14.7 Å². The minimum absolute atomic E-state index is 0.0478. The number of allylic oxidation sites excluding steroid dienone is 1. The van der Waals surface area contributed by atoms with Crippen LogP contribution in [0.15, 0.2) is 60.7 Å². The molecule has 1 amide bonds. The molecule has 0 aromatic heterocycles. The summed E-state index contributed by atoms with van der Waals surface area (Å²) in [5.74, 6) is 1.52. The molecule has 0 bridgehead atoms. The molecule has 2 aromatic rings. The quantitative estimate of drug-likeness (QED) is 0.676. The van der Waals surface area contributed by atoms with Gasteiger partial charge in [-0.05, 0) is 17.7 Å². The molecule has 0 saturated heterocycles. The topological polar surface area (TPSA) is 57.6 Å². The van der Waals surface area contributed by atoms with Crippen molar-refractivity contribution in [3.8, 4) is 12.3 Å². The van der Waals surface area contributed by atoms with E-state index in [4.69, 9.17) is 6.42 Å². The van der Waals surface area contributed by atoms with Gasteiger partial charge in [0.1, 0.15) is 0 Å². The third kappa shape index (κ3) is 3.10. The van der Waals surface area contributed by atoms with Crippen LogP contribution in [-0.4, -0.2) is 23.3 Å². The van der Waals surface area contributed by atoms with Crippen LogP contribution < -0.4 is 4.90 Å². The van der Waals surface area contributed by atoms with Crippen LogP contribution in [0, 0.1) is 12.3 Å². The van der Waals surface area contributed by atoms with Crippen LogP contribution in [0.4, 0.5) is 5.69 Å². The Morgan fingerprint density at radius 1 is 1.16 bits per heavy atom. The summed E-state index contributed by atoms with van der Waals surface area (Å²) in [5.41, 5.74) is -0.0506. The van der Waals surface area contributed by atoms with E-state index < -0.39 is 11.5 Å². The lowest BCUT2D eigenvalue weighted by Gasteiger charge is -2.21. The van der Waals surface area contributed by atoms with Crippen LogP contribution in [0.25, 0.3) is 6.08 Å². The summed E-state index contributed by atoms with van der Waals surface area (Å²) in [6, 6.07) is 16.2. The molecule has 4 nitrogen and oxygen atoms in total. The normalized spacial score (nSPS) is 19.0. The van der Waals surface area contributed by atoms with Gasteiger partial charge in [-0.2, -0.15) is 0 Å². The van der Waals surface area contributed by atoms with Crippen molar-refractivity contribution in [1.29, 1.82) is 0 Å². The number of fused-ring (bicyclic) bond motifs is 1. The van der Waals surface area contributed by atoms with Gasteiger partial charge in [0.25, 0.3) is 5.91 Å². The molecule has 3 rings (SSSR count). The number of aliphatic hydroxyl groups is 1. The first-order chi connectivity index (χ1) is 12.1. The van der Waals surface area contributed by atoms with Crippen LogP contribution in [0.5, 0.6) is 0 Å². The van der Waals surface area contributed by atoms with Gasteiger partial charge in [0.2, 0.25) is 0 Å². The molecular weight excluding hydrogens is 314 g/mol. The second kappa shape index (κ2) is 6.76. The molecule has 0 radical (unpaired) electrons. The Kier molecular flexibility index (Phi) is 4.51. The zero-order chi connectivity index (χ0) is 17.9. The van der Waals surface area contributed by atoms with Crippen molar-refractivity contribution < 1.29 is 14.7 Å². The smallest absolute Gasteiger partial charge is 0.265 e. The van der Waals surface area contributed by atoms with E-state index in [1.54, 1.807) is 30.3 Å². The Bertz CT molecular complexity index is 880. The Labute approximate surface area is 146 Å². The van der Waals surface area contributed by atoms with Crippen molar-refractivity contribution in [3.05, 3.63) is 71.8 Å². The average Bonchev–Trinajstić information content (AvgIpc) is 2.83. The summed E-state index contributed by atoms with van der Waals surface area (Å²) in [6.07, 6.45) is 8.04. The predicted molar refractivity (Wildman–Crippen MR) is 96.6 cm³/mol. The number of hydrogen-bond acceptors (Lipinski definition) is 3. The summed E-state index contributed by atoms with van der Waals surface area (Å²) in [6.45, 7) is 0.0478. The molecule has 0 aliphatic carbocycles. The Morgan fingerprint density at radius 3 is 2.56 bits per heavy atom. The monoisotopic (exact) mass is 331 g/mol. The molecule has 25 heavy (non-hydrogen) atoms. The number of nitrogens with zero attached hydrogens (tertiary/aromatic N) is 1. The van der Waals surface area contributed by atoms with Crippen molar-refractivity contribution in [3.63, 3.8) is 0 Å². The van der Waals surface area contributed by atoms with Crippen molar-refractivity contribution in [2.75, 3.05) is 11.4 Å². The fourth-order valence-corrected chi connectivity index (χ4v) is 2.99. The standard InChI is InChI=1S/C21H17NO3/c1-2-14-22-19-11-7-6-10-18(19)21(25,20(22)24)15-17(23)13-12-16-8-4-3-5-9-16/h1,3-13,25H,14-15H2/b13-12-/t21-/m0/s1. The summed E-state index contributed by atoms with van der Waals surface area (Å²) >= 11 is 0. The number of benzene rings is 2. The molecule has 1 aliphatic heterocycles.